The Morgan fingerprint density at radius 1 is 1.53 bits per heavy atom. The van der Waals surface area contributed by atoms with Crippen LogP contribution < -0.4 is 5.32 Å². The minimum atomic E-state index is 0.147. The van der Waals surface area contributed by atoms with Gasteiger partial charge in [-0.3, -0.25) is 0 Å². The molecule has 0 fully saturated rings. The van der Waals surface area contributed by atoms with Crippen molar-refractivity contribution >= 4 is 11.6 Å². The molecule has 2 heterocycles. The average molecular weight is 282 g/mol. The summed E-state index contributed by atoms with van der Waals surface area (Å²) in [7, 11) is 0. The van der Waals surface area contributed by atoms with Gasteiger partial charge in [0.15, 0.2) is 5.15 Å². The molecule has 0 saturated carbocycles. The Morgan fingerprint density at radius 3 is 3.05 bits per heavy atom. The van der Waals surface area contributed by atoms with E-state index in [0.717, 1.165) is 36.5 Å². The zero-order chi connectivity index (χ0) is 13.7. The number of furan rings is 1. The number of nitrogens with zero attached hydrogens (tertiary/aromatic N) is 1. The topological polar surface area (TPSA) is 53.9 Å². The molecule has 4 nitrogen and oxygen atoms in total. The average Bonchev–Trinajstić information content (AvgIpc) is 3.03. The molecule has 5 heteroatoms. The van der Waals surface area contributed by atoms with Crippen LogP contribution in [0.15, 0.2) is 22.8 Å². The zero-order valence-corrected chi connectivity index (χ0v) is 12.1. The van der Waals surface area contributed by atoms with E-state index in [2.05, 4.69) is 29.1 Å². The van der Waals surface area contributed by atoms with Gasteiger partial charge in [-0.05, 0) is 25.5 Å². The molecular weight excluding hydrogens is 262 g/mol. The summed E-state index contributed by atoms with van der Waals surface area (Å²) >= 11 is 6.13. The van der Waals surface area contributed by atoms with Gasteiger partial charge in [0.05, 0.1) is 18.0 Å². The standard InChI is InChI=1S/C14H20ClN3O/c1-3-4-7-13-17-11(14(15)18-13)9-16-10(2)12-6-5-8-19-12/h5-6,8,10,16H,3-4,7,9H2,1-2H3,(H,17,18). The van der Waals surface area contributed by atoms with E-state index in [1.165, 1.54) is 0 Å². The third kappa shape index (κ3) is 3.85. The van der Waals surface area contributed by atoms with Crippen molar-refractivity contribution in [3.05, 3.63) is 40.8 Å². The molecule has 2 rings (SSSR count). The monoisotopic (exact) mass is 281 g/mol. The molecule has 0 saturated heterocycles. The maximum Gasteiger partial charge on any atom is 0.151 e. The van der Waals surface area contributed by atoms with E-state index >= 15 is 0 Å². The van der Waals surface area contributed by atoms with Crippen LogP contribution in [0.2, 0.25) is 5.15 Å². The zero-order valence-electron chi connectivity index (χ0n) is 11.4. The van der Waals surface area contributed by atoms with Crippen LogP contribution in [0.4, 0.5) is 0 Å². The van der Waals surface area contributed by atoms with Gasteiger partial charge in [-0.1, -0.05) is 24.9 Å². The molecule has 0 aliphatic rings. The Bertz CT molecular complexity index is 493. The number of halogens is 1. The number of H-pyrrole nitrogens is 1. The van der Waals surface area contributed by atoms with Crippen LogP contribution in [0.5, 0.6) is 0 Å². The highest BCUT2D eigenvalue weighted by atomic mass is 35.5. The highest BCUT2D eigenvalue weighted by molar-refractivity contribution is 6.30. The fourth-order valence-electron chi connectivity index (χ4n) is 1.91. The number of aromatic amines is 1. The van der Waals surface area contributed by atoms with Crippen LogP contribution in [0.1, 0.15) is 50.0 Å². The number of unbranched alkanes of at least 4 members (excludes halogenated alkanes) is 1. The lowest BCUT2D eigenvalue weighted by Crippen LogP contribution is -2.18. The molecular formula is C14H20ClN3O. The third-order valence-corrected chi connectivity index (χ3v) is 3.41. The summed E-state index contributed by atoms with van der Waals surface area (Å²) < 4.78 is 5.35. The summed E-state index contributed by atoms with van der Waals surface area (Å²) in [6.07, 6.45) is 4.91. The molecule has 1 unspecified atom stereocenters. The molecule has 2 aromatic heterocycles. The first-order chi connectivity index (χ1) is 9.20. The molecule has 2 N–H and O–H groups in total. The van der Waals surface area contributed by atoms with Crippen molar-refractivity contribution in [3.63, 3.8) is 0 Å². The van der Waals surface area contributed by atoms with Crippen LogP contribution in [0.3, 0.4) is 0 Å². The quantitative estimate of drug-likeness (QED) is 0.810. The number of aromatic nitrogens is 2. The van der Waals surface area contributed by atoms with Gasteiger partial charge in [-0.25, -0.2) is 4.98 Å². The maximum absolute atomic E-state index is 6.13. The normalized spacial score (nSPS) is 12.8. The van der Waals surface area contributed by atoms with Crippen molar-refractivity contribution in [2.45, 2.75) is 45.7 Å². The van der Waals surface area contributed by atoms with Crippen LogP contribution in [0, 0.1) is 0 Å². The first-order valence-corrected chi connectivity index (χ1v) is 7.08. The van der Waals surface area contributed by atoms with Crippen LogP contribution in [0.25, 0.3) is 0 Å². The van der Waals surface area contributed by atoms with Gasteiger partial charge >= 0.3 is 0 Å². The second kappa shape index (κ2) is 6.78. The van der Waals surface area contributed by atoms with E-state index in [1.54, 1.807) is 6.26 Å². The smallest absolute Gasteiger partial charge is 0.151 e. The van der Waals surface area contributed by atoms with Crippen molar-refractivity contribution < 1.29 is 4.42 Å². The summed E-state index contributed by atoms with van der Waals surface area (Å²) in [4.78, 5) is 7.62. The van der Waals surface area contributed by atoms with Crippen molar-refractivity contribution in [1.82, 2.24) is 15.3 Å². The molecule has 104 valence electrons. The third-order valence-electron chi connectivity index (χ3n) is 3.10. The predicted molar refractivity (Wildman–Crippen MR) is 76.2 cm³/mol. The van der Waals surface area contributed by atoms with E-state index in [1.807, 2.05) is 12.1 Å². The Kier molecular flexibility index (Phi) is 5.05. The first-order valence-electron chi connectivity index (χ1n) is 6.70. The van der Waals surface area contributed by atoms with Crippen LogP contribution in [-0.4, -0.2) is 9.97 Å². The molecule has 0 aromatic carbocycles. The SMILES string of the molecule is CCCCc1nc(Cl)c(CNC(C)c2ccco2)[nH]1. The van der Waals surface area contributed by atoms with Gasteiger partial charge in [0, 0.05) is 13.0 Å². The lowest BCUT2D eigenvalue weighted by atomic mass is 10.2. The Morgan fingerprint density at radius 2 is 2.37 bits per heavy atom. The fraction of sp³-hybridized carbons (Fsp3) is 0.500. The predicted octanol–water partition coefficient (Wildman–Crippen LogP) is 3.85. The van der Waals surface area contributed by atoms with E-state index < -0.39 is 0 Å². The second-order valence-corrected chi connectivity index (χ2v) is 5.03. The lowest BCUT2D eigenvalue weighted by Gasteiger charge is -2.10. The minimum absolute atomic E-state index is 0.147. The number of rotatable bonds is 7. The number of aryl methyl sites for hydroxylation is 1. The molecule has 0 amide bonds. The van der Waals surface area contributed by atoms with Gasteiger partial charge in [-0.15, -0.1) is 0 Å². The summed E-state index contributed by atoms with van der Waals surface area (Å²) in [5, 5.41) is 3.92. The van der Waals surface area contributed by atoms with Crippen molar-refractivity contribution in [1.29, 1.82) is 0 Å². The van der Waals surface area contributed by atoms with Gasteiger partial charge in [-0.2, -0.15) is 0 Å². The maximum atomic E-state index is 6.13. The summed E-state index contributed by atoms with van der Waals surface area (Å²) in [6, 6.07) is 3.99. The molecule has 19 heavy (non-hydrogen) atoms. The van der Waals surface area contributed by atoms with E-state index in [0.29, 0.717) is 11.7 Å². The Balaban J connectivity index is 1.90. The number of hydrogen-bond donors (Lipinski definition) is 2. The number of nitrogens with one attached hydrogen (secondary N) is 2. The molecule has 0 spiro atoms. The fourth-order valence-corrected chi connectivity index (χ4v) is 2.13. The molecule has 0 aliphatic carbocycles. The van der Waals surface area contributed by atoms with Crippen molar-refractivity contribution in [2.75, 3.05) is 0 Å². The largest absolute Gasteiger partial charge is 0.468 e. The number of hydrogen-bond acceptors (Lipinski definition) is 3. The Labute approximate surface area is 118 Å². The molecule has 0 bridgehead atoms. The van der Waals surface area contributed by atoms with Crippen molar-refractivity contribution in [3.8, 4) is 0 Å². The second-order valence-electron chi connectivity index (χ2n) is 4.67. The summed E-state index contributed by atoms with van der Waals surface area (Å²) in [5.74, 6) is 1.89. The van der Waals surface area contributed by atoms with Gasteiger partial charge in [0.2, 0.25) is 0 Å². The highest BCUT2D eigenvalue weighted by Crippen LogP contribution is 2.17. The summed E-state index contributed by atoms with van der Waals surface area (Å²) in [6.45, 7) is 4.87. The lowest BCUT2D eigenvalue weighted by molar-refractivity contribution is 0.429. The van der Waals surface area contributed by atoms with Crippen molar-refractivity contribution in [2.24, 2.45) is 0 Å². The molecule has 0 aliphatic heterocycles. The van der Waals surface area contributed by atoms with Gasteiger partial charge < -0.3 is 14.7 Å². The summed E-state index contributed by atoms with van der Waals surface area (Å²) in [5.41, 5.74) is 0.936. The Hall–Kier alpha value is -1.26. The molecule has 1 atom stereocenters. The van der Waals surface area contributed by atoms with Gasteiger partial charge in [0.1, 0.15) is 11.6 Å². The molecule has 0 radical (unpaired) electrons. The van der Waals surface area contributed by atoms with E-state index in [-0.39, 0.29) is 6.04 Å². The van der Waals surface area contributed by atoms with Crippen LogP contribution in [-0.2, 0) is 13.0 Å². The van der Waals surface area contributed by atoms with Crippen LogP contribution >= 0.6 is 11.6 Å². The van der Waals surface area contributed by atoms with E-state index in [4.69, 9.17) is 16.0 Å². The van der Waals surface area contributed by atoms with Gasteiger partial charge in [0.25, 0.3) is 0 Å². The first kappa shape index (κ1) is 14.2. The number of imidazole rings is 1. The highest BCUT2D eigenvalue weighted by Gasteiger charge is 2.11. The van der Waals surface area contributed by atoms with E-state index in [9.17, 15) is 0 Å². The minimum Gasteiger partial charge on any atom is -0.468 e. The molecule has 2 aromatic rings.